The molecule has 2 nitrogen and oxygen atoms in total. The van der Waals surface area contributed by atoms with Gasteiger partial charge in [-0.25, -0.2) is 0 Å². The minimum absolute atomic E-state index is 0.0904. The number of hydrogen-bond acceptors (Lipinski definition) is 2. The van der Waals surface area contributed by atoms with Crippen LogP contribution in [0.5, 0.6) is 5.75 Å². The average Bonchev–Trinajstić information content (AvgIpc) is 2.47. The number of ether oxygens (including phenoxy) is 1. The van der Waals surface area contributed by atoms with Crippen molar-refractivity contribution in [2.45, 2.75) is 13.3 Å². The van der Waals surface area contributed by atoms with Gasteiger partial charge in [0.05, 0.1) is 5.56 Å². The summed E-state index contributed by atoms with van der Waals surface area (Å²) in [7, 11) is 0. The largest absolute Gasteiger partial charge is 0.485 e. The van der Waals surface area contributed by atoms with Gasteiger partial charge in [0.25, 0.3) is 0 Å². The van der Waals surface area contributed by atoms with Gasteiger partial charge in [-0.1, -0.05) is 13.0 Å². The van der Waals surface area contributed by atoms with Gasteiger partial charge in [0.2, 0.25) is 5.78 Å². The van der Waals surface area contributed by atoms with E-state index >= 15 is 0 Å². The number of fused-ring (bicyclic) bond motifs is 1. The van der Waals surface area contributed by atoms with Crippen molar-refractivity contribution < 1.29 is 9.53 Å². The number of ketones is 1. The molecule has 1 aromatic carbocycles. The van der Waals surface area contributed by atoms with Crippen LogP contribution in [0.4, 0.5) is 0 Å². The molecule has 1 aliphatic heterocycles. The van der Waals surface area contributed by atoms with Crippen LogP contribution in [0.3, 0.4) is 0 Å². The van der Waals surface area contributed by atoms with Crippen molar-refractivity contribution >= 4 is 5.78 Å². The summed E-state index contributed by atoms with van der Waals surface area (Å²) >= 11 is 0. The van der Waals surface area contributed by atoms with Crippen molar-refractivity contribution in [3.63, 3.8) is 0 Å². The van der Waals surface area contributed by atoms with Crippen molar-refractivity contribution in [3.8, 4) is 5.75 Å². The fraction of sp³-hybridized carbons (Fsp3) is 0.300. The van der Waals surface area contributed by atoms with E-state index in [1.807, 2.05) is 18.2 Å². The van der Waals surface area contributed by atoms with Gasteiger partial charge in [-0.3, -0.25) is 4.79 Å². The summed E-state index contributed by atoms with van der Waals surface area (Å²) in [5.41, 5.74) is 1.94. The molecule has 0 saturated heterocycles. The van der Waals surface area contributed by atoms with Crippen molar-refractivity contribution in [3.05, 3.63) is 29.3 Å². The first-order valence-electron chi connectivity index (χ1n) is 4.10. The van der Waals surface area contributed by atoms with E-state index in [9.17, 15) is 4.79 Å². The molecule has 12 heavy (non-hydrogen) atoms. The molecule has 0 fully saturated rings. The summed E-state index contributed by atoms with van der Waals surface area (Å²) in [6, 6.07) is 5.77. The van der Waals surface area contributed by atoms with Gasteiger partial charge in [-0.15, -0.1) is 0 Å². The molecular weight excluding hydrogens is 152 g/mol. The molecule has 2 heteroatoms. The fourth-order valence-electron chi connectivity index (χ4n) is 1.36. The second-order valence-electron chi connectivity index (χ2n) is 2.90. The van der Waals surface area contributed by atoms with Crippen LogP contribution in [-0.4, -0.2) is 12.4 Å². The van der Waals surface area contributed by atoms with E-state index in [1.165, 1.54) is 5.56 Å². The third-order valence-electron chi connectivity index (χ3n) is 2.11. The second kappa shape index (κ2) is 2.63. The predicted octanol–water partition coefficient (Wildman–Crippen LogP) is 1.82. The van der Waals surface area contributed by atoms with E-state index in [-0.39, 0.29) is 12.4 Å². The van der Waals surface area contributed by atoms with E-state index in [0.717, 1.165) is 17.7 Å². The van der Waals surface area contributed by atoms with Crippen LogP contribution in [0.2, 0.25) is 0 Å². The Hall–Kier alpha value is -1.31. The van der Waals surface area contributed by atoms with Crippen LogP contribution in [0.1, 0.15) is 22.8 Å². The number of carbonyl (C=O) groups excluding carboxylic acids is 1. The van der Waals surface area contributed by atoms with Crippen LogP contribution in [0.25, 0.3) is 0 Å². The zero-order chi connectivity index (χ0) is 8.55. The monoisotopic (exact) mass is 162 g/mol. The van der Waals surface area contributed by atoms with Crippen LogP contribution in [0.15, 0.2) is 18.2 Å². The van der Waals surface area contributed by atoms with Gasteiger partial charge in [0.15, 0.2) is 6.61 Å². The van der Waals surface area contributed by atoms with Crippen molar-refractivity contribution in [2.75, 3.05) is 6.61 Å². The number of rotatable bonds is 1. The van der Waals surface area contributed by atoms with Crippen LogP contribution in [0, 0.1) is 0 Å². The fourth-order valence-corrected chi connectivity index (χ4v) is 1.36. The van der Waals surface area contributed by atoms with Crippen molar-refractivity contribution in [2.24, 2.45) is 0 Å². The molecule has 62 valence electrons. The summed E-state index contributed by atoms with van der Waals surface area (Å²) in [4.78, 5) is 11.1. The summed E-state index contributed by atoms with van der Waals surface area (Å²) in [5, 5.41) is 0. The first-order chi connectivity index (χ1) is 5.81. The molecule has 1 aliphatic rings. The first kappa shape index (κ1) is 7.35. The van der Waals surface area contributed by atoms with Gasteiger partial charge >= 0.3 is 0 Å². The van der Waals surface area contributed by atoms with Crippen LogP contribution < -0.4 is 4.74 Å². The van der Waals surface area contributed by atoms with Crippen LogP contribution in [-0.2, 0) is 6.42 Å². The molecule has 0 aromatic heterocycles. The Labute approximate surface area is 71.2 Å². The summed E-state index contributed by atoms with van der Waals surface area (Å²) in [6.45, 7) is 2.29. The minimum Gasteiger partial charge on any atom is -0.485 e. The number of carbonyl (C=O) groups is 1. The average molecular weight is 162 g/mol. The maximum Gasteiger partial charge on any atom is 0.203 e. The van der Waals surface area contributed by atoms with Gasteiger partial charge in [0.1, 0.15) is 5.75 Å². The van der Waals surface area contributed by atoms with Crippen molar-refractivity contribution in [1.29, 1.82) is 0 Å². The molecule has 0 atom stereocenters. The van der Waals surface area contributed by atoms with E-state index in [2.05, 4.69) is 6.92 Å². The van der Waals surface area contributed by atoms with Crippen LogP contribution >= 0.6 is 0 Å². The quantitative estimate of drug-likeness (QED) is 0.629. The van der Waals surface area contributed by atoms with Gasteiger partial charge in [-0.2, -0.15) is 0 Å². The Morgan fingerprint density at radius 1 is 1.50 bits per heavy atom. The number of aryl methyl sites for hydroxylation is 1. The molecule has 0 unspecified atom stereocenters. The van der Waals surface area contributed by atoms with Gasteiger partial charge in [0, 0.05) is 0 Å². The summed E-state index contributed by atoms with van der Waals surface area (Å²) in [6.07, 6.45) is 0.977. The Kier molecular flexibility index (Phi) is 1.61. The number of benzene rings is 1. The number of hydrogen-bond donors (Lipinski definition) is 0. The van der Waals surface area contributed by atoms with Gasteiger partial charge in [-0.05, 0) is 24.1 Å². The summed E-state index contributed by atoms with van der Waals surface area (Å²) in [5.74, 6) is 0.840. The first-order valence-corrected chi connectivity index (χ1v) is 4.10. The highest BCUT2D eigenvalue weighted by atomic mass is 16.5. The molecule has 0 N–H and O–H groups in total. The smallest absolute Gasteiger partial charge is 0.203 e. The van der Waals surface area contributed by atoms with Crippen molar-refractivity contribution in [1.82, 2.24) is 0 Å². The van der Waals surface area contributed by atoms with Gasteiger partial charge < -0.3 is 4.74 Å². The molecule has 2 rings (SSSR count). The molecule has 0 spiro atoms. The molecule has 0 aliphatic carbocycles. The molecular formula is C10H10O2. The Morgan fingerprint density at radius 3 is 3.08 bits per heavy atom. The Balaban J connectivity index is 2.48. The zero-order valence-corrected chi connectivity index (χ0v) is 6.96. The molecule has 0 saturated carbocycles. The highest BCUT2D eigenvalue weighted by Crippen LogP contribution is 2.26. The SMILES string of the molecule is CCc1ccc2c(c1)OCC2=O. The van der Waals surface area contributed by atoms with E-state index in [0.29, 0.717) is 0 Å². The highest BCUT2D eigenvalue weighted by Gasteiger charge is 2.20. The lowest BCUT2D eigenvalue weighted by atomic mass is 10.1. The lowest BCUT2D eigenvalue weighted by Crippen LogP contribution is -1.98. The maximum atomic E-state index is 11.1. The topological polar surface area (TPSA) is 26.3 Å². The molecule has 0 radical (unpaired) electrons. The Bertz CT molecular complexity index is 329. The van der Waals surface area contributed by atoms with E-state index < -0.39 is 0 Å². The zero-order valence-electron chi connectivity index (χ0n) is 6.96. The number of Topliss-reactive ketones (excluding diaryl/α,β-unsaturated/α-hetero) is 1. The normalized spacial score (nSPS) is 14.2. The molecule has 0 amide bonds. The minimum atomic E-state index is 0.0904. The third-order valence-corrected chi connectivity index (χ3v) is 2.11. The predicted molar refractivity (Wildman–Crippen MR) is 45.6 cm³/mol. The standard InChI is InChI=1S/C10H10O2/c1-2-7-3-4-8-9(11)6-12-10(8)5-7/h3-5H,2,6H2,1H3. The maximum absolute atomic E-state index is 11.1. The second-order valence-corrected chi connectivity index (χ2v) is 2.90. The molecule has 1 aromatic rings. The highest BCUT2D eigenvalue weighted by molar-refractivity contribution is 6.02. The molecule has 0 bridgehead atoms. The lowest BCUT2D eigenvalue weighted by Gasteiger charge is -1.99. The Morgan fingerprint density at radius 2 is 2.33 bits per heavy atom. The van der Waals surface area contributed by atoms with E-state index in [4.69, 9.17) is 4.74 Å². The van der Waals surface area contributed by atoms with E-state index in [1.54, 1.807) is 0 Å². The molecule has 1 heterocycles. The third kappa shape index (κ3) is 0.998. The lowest BCUT2D eigenvalue weighted by molar-refractivity contribution is 0.0961. The summed E-state index contributed by atoms with van der Waals surface area (Å²) < 4.78 is 5.20.